The SMILES string of the molecule is CC(C1CC1)N(C)C(=O)/C=C/c1ccc(N2CCCC2=O)cc1. The fourth-order valence-corrected chi connectivity index (χ4v) is 3.07. The van der Waals surface area contributed by atoms with E-state index >= 15 is 0 Å². The van der Waals surface area contributed by atoms with Gasteiger partial charge in [-0.15, -0.1) is 0 Å². The Morgan fingerprint density at radius 3 is 2.57 bits per heavy atom. The smallest absolute Gasteiger partial charge is 0.246 e. The van der Waals surface area contributed by atoms with Crippen molar-refractivity contribution in [3.63, 3.8) is 0 Å². The normalized spacial score (nSPS) is 19.4. The number of amides is 2. The monoisotopic (exact) mass is 312 g/mol. The molecule has 0 aromatic heterocycles. The van der Waals surface area contributed by atoms with Crippen LogP contribution in [0, 0.1) is 5.92 Å². The maximum absolute atomic E-state index is 12.2. The molecule has 1 aromatic carbocycles. The third-order valence-corrected chi connectivity index (χ3v) is 4.96. The quantitative estimate of drug-likeness (QED) is 0.784. The molecular formula is C19H24N2O2. The zero-order chi connectivity index (χ0) is 16.4. The molecule has 2 fully saturated rings. The van der Waals surface area contributed by atoms with Crippen LogP contribution in [0.25, 0.3) is 6.08 Å². The third-order valence-electron chi connectivity index (χ3n) is 4.96. The molecule has 1 aromatic rings. The number of hydrogen-bond donors (Lipinski definition) is 0. The lowest BCUT2D eigenvalue weighted by Gasteiger charge is -2.23. The van der Waals surface area contributed by atoms with Gasteiger partial charge in [0.25, 0.3) is 0 Å². The standard InChI is InChI=1S/C19H24N2O2/c1-14(16-8-9-16)20(2)18(22)12-7-15-5-10-17(11-6-15)21-13-3-4-19(21)23/h5-7,10-12,14,16H,3-4,8-9,13H2,1-2H3/b12-7+. The van der Waals surface area contributed by atoms with Gasteiger partial charge in [-0.25, -0.2) is 0 Å². The third kappa shape index (κ3) is 3.63. The molecule has 1 unspecified atom stereocenters. The van der Waals surface area contributed by atoms with E-state index in [2.05, 4.69) is 6.92 Å². The van der Waals surface area contributed by atoms with Gasteiger partial charge in [-0.1, -0.05) is 12.1 Å². The summed E-state index contributed by atoms with van der Waals surface area (Å²) in [7, 11) is 1.87. The molecule has 1 heterocycles. The van der Waals surface area contributed by atoms with E-state index in [1.807, 2.05) is 47.2 Å². The van der Waals surface area contributed by atoms with Crippen LogP contribution in [0.1, 0.15) is 38.2 Å². The maximum atomic E-state index is 12.2. The average molecular weight is 312 g/mol. The van der Waals surface area contributed by atoms with Crippen molar-refractivity contribution in [1.29, 1.82) is 0 Å². The molecular weight excluding hydrogens is 288 g/mol. The first-order chi connectivity index (χ1) is 11.1. The van der Waals surface area contributed by atoms with Crippen molar-refractivity contribution in [2.24, 2.45) is 5.92 Å². The molecule has 1 atom stereocenters. The molecule has 0 bridgehead atoms. The average Bonchev–Trinajstić information content (AvgIpc) is 3.33. The molecule has 2 aliphatic rings. The lowest BCUT2D eigenvalue weighted by atomic mass is 10.1. The van der Waals surface area contributed by atoms with Crippen molar-refractivity contribution in [3.05, 3.63) is 35.9 Å². The van der Waals surface area contributed by atoms with Crippen LogP contribution in [0.3, 0.4) is 0 Å². The molecule has 1 saturated carbocycles. The predicted molar refractivity (Wildman–Crippen MR) is 92.0 cm³/mol. The summed E-state index contributed by atoms with van der Waals surface area (Å²) >= 11 is 0. The van der Waals surface area contributed by atoms with Gasteiger partial charge in [-0.05, 0) is 55.9 Å². The van der Waals surface area contributed by atoms with Crippen LogP contribution in [0.2, 0.25) is 0 Å². The summed E-state index contributed by atoms with van der Waals surface area (Å²) in [6.07, 6.45) is 7.52. The second kappa shape index (κ2) is 6.57. The summed E-state index contributed by atoms with van der Waals surface area (Å²) < 4.78 is 0. The highest BCUT2D eigenvalue weighted by Gasteiger charge is 2.31. The number of rotatable bonds is 5. The van der Waals surface area contributed by atoms with Gasteiger partial charge in [0, 0.05) is 37.8 Å². The van der Waals surface area contributed by atoms with E-state index in [-0.39, 0.29) is 11.8 Å². The zero-order valence-corrected chi connectivity index (χ0v) is 13.9. The second-order valence-corrected chi connectivity index (χ2v) is 6.60. The summed E-state index contributed by atoms with van der Waals surface area (Å²) in [4.78, 5) is 27.6. The van der Waals surface area contributed by atoms with Crippen molar-refractivity contribution in [2.45, 2.75) is 38.6 Å². The largest absolute Gasteiger partial charge is 0.339 e. The van der Waals surface area contributed by atoms with Crippen LogP contribution in [-0.2, 0) is 9.59 Å². The van der Waals surface area contributed by atoms with Gasteiger partial charge in [-0.3, -0.25) is 9.59 Å². The van der Waals surface area contributed by atoms with Crippen molar-refractivity contribution in [2.75, 3.05) is 18.5 Å². The Balaban J connectivity index is 1.61. The van der Waals surface area contributed by atoms with Crippen LogP contribution >= 0.6 is 0 Å². The molecule has 1 aliphatic carbocycles. The van der Waals surface area contributed by atoms with Gasteiger partial charge in [-0.2, -0.15) is 0 Å². The summed E-state index contributed by atoms with van der Waals surface area (Å²) in [5, 5.41) is 0. The molecule has 122 valence electrons. The number of anilines is 1. The Morgan fingerprint density at radius 2 is 2.00 bits per heavy atom. The van der Waals surface area contributed by atoms with Gasteiger partial charge in [0.05, 0.1) is 0 Å². The fourth-order valence-electron chi connectivity index (χ4n) is 3.07. The van der Waals surface area contributed by atoms with Crippen molar-refractivity contribution in [3.8, 4) is 0 Å². The van der Waals surface area contributed by atoms with Crippen LogP contribution in [0.5, 0.6) is 0 Å². The maximum Gasteiger partial charge on any atom is 0.246 e. The first-order valence-corrected chi connectivity index (χ1v) is 8.41. The molecule has 4 heteroatoms. The Kier molecular flexibility index (Phi) is 4.51. The van der Waals surface area contributed by atoms with Crippen LogP contribution in [0.15, 0.2) is 30.3 Å². The summed E-state index contributed by atoms with van der Waals surface area (Å²) in [5.41, 5.74) is 1.91. The first kappa shape index (κ1) is 15.8. The number of likely N-dealkylation sites (N-methyl/N-ethyl adjacent to an activating group) is 1. The van der Waals surface area contributed by atoms with Crippen molar-refractivity contribution < 1.29 is 9.59 Å². The highest BCUT2D eigenvalue weighted by Crippen LogP contribution is 2.34. The van der Waals surface area contributed by atoms with E-state index in [9.17, 15) is 9.59 Å². The minimum Gasteiger partial charge on any atom is -0.339 e. The number of benzene rings is 1. The molecule has 1 saturated heterocycles. The van der Waals surface area contributed by atoms with E-state index in [0.717, 1.165) is 24.2 Å². The predicted octanol–water partition coefficient (Wildman–Crippen LogP) is 3.08. The van der Waals surface area contributed by atoms with Crippen molar-refractivity contribution in [1.82, 2.24) is 4.90 Å². The fraction of sp³-hybridized carbons (Fsp3) is 0.474. The van der Waals surface area contributed by atoms with Gasteiger partial charge in [0.1, 0.15) is 0 Å². The van der Waals surface area contributed by atoms with Gasteiger partial charge in [0.2, 0.25) is 11.8 Å². The molecule has 0 spiro atoms. The molecule has 2 amide bonds. The number of nitrogens with zero attached hydrogens (tertiary/aromatic N) is 2. The van der Waals surface area contributed by atoms with E-state index in [1.54, 1.807) is 6.08 Å². The first-order valence-electron chi connectivity index (χ1n) is 8.41. The Bertz CT molecular complexity index is 617. The second-order valence-electron chi connectivity index (χ2n) is 6.60. The molecule has 23 heavy (non-hydrogen) atoms. The van der Waals surface area contributed by atoms with Crippen molar-refractivity contribution >= 4 is 23.6 Å². The Morgan fingerprint density at radius 1 is 1.30 bits per heavy atom. The van der Waals surface area contributed by atoms with Gasteiger partial charge in [0.15, 0.2) is 0 Å². The van der Waals surface area contributed by atoms with Gasteiger partial charge < -0.3 is 9.80 Å². The Labute approximate surface area is 137 Å². The molecule has 3 rings (SSSR count). The summed E-state index contributed by atoms with van der Waals surface area (Å²) in [5.74, 6) is 0.914. The van der Waals surface area contributed by atoms with Crippen LogP contribution in [0.4, 0.5) is 5.69 Å². The lowest BCUT2D eigenvalue weighted by molar-refractivity contribution is -0.126. The molecule has 1 aliphatic heterocycles. The number of hydrogen-bond acceptors (Lipinski definition) is 2. The minimum absolute atomic E-state index is 0.0446. The lowest BCUT2D eigenvalue weighted by Crippen LogP contribution is -2.35. The number of carbonyl (C=O) groups is 2. The highest BCUT2D eigenvalue weighted by atomic mass is 16.2. The van der Waals surface area contributed by atoms with E-state index in [4.69, 9.17) is 0 Å². The highest BCUT2D eigenvalue weighted by molar-refractivity contribution is 5.95. The number of carbonyl (C=O) groups excluding carboxylic acids is 2. The Hall–Kier alpha value is -2.10. The molecule has 4 nitrogen and oxygen atoms in total. The van der Waals surface area contributed by atoms with E-state index in [0.29, 0.717) is 18.4 Å². The molecule has 0 N–H and O–H groups in total. The summed E-state index contributed by atoms with van der Waals surface area (Å²) in [6, 6.07) is 8.12. The van der Waals surface area contributed by atoms with Gasteiger partial charge >= 0.3 is 0 Å². The van der Waals surface area contributed by atoms with E-state index < -0.39 is 0 Å². The van der Waals surface area contributed by atoms with Crippen LogP contribution in [-0.4, -0.2) is 36.3 Å². The molecule has 0 radical (unpaired) electrons. The zero-order valence-electron chi connectivity index (χ0n) is 13.9. The summed E-state index contributed by atoms with van der Waals surface area (Å²) in [6.45, 7) is 2.92. The minimum atomic E-state index is 0.0446. The van der Waals surface area contributed by atoms with E-state index in [1.165, 1.54) is 12.8 Å². The topological polar surface area (TPSA) is 40.6 Å². The van der Waals surface area contributed by atoms with Crippen LogP contribution < -0.4 is 4.90 Å².